The lowest BCUT2D eigenvalue weighted by Crippen LogP contribution is -2.45. The number of nitrogens with zero attached hydrogens (tertiary/aromatic N) is 1. The normalized spacial score (nSPS) is 25.5. The van der Waals surface area contributed by atoms with Crippen molar-refractivity contribution in [3.63, 3.8) is 0 Å². The number of rotatable bonds is 2. The summed E-state index contributed by atoms with van der Waals surface area (Å²) >= 11 is 0. The third kappa shape index (κ3) is 3.46. The Hall–Kier alpha value is -1.21. The first kappa shape index (κ1) is 16.8. The number of carbonyl (C=O) groups excluding carboxylic acids is 2. The molecule has 0 aromatic carbocycles. The Morgan fingerprint density at radius 1 is 1.25 bits per heavy atom. The molecule has 0 aromatic rings. The van der Waals surface area contributed by atoms with E-state index >= 15 is 0 Å². The Morgan fingerprint density at radius 3 is 2.20 bits per heavy atom. The molecule has 2 fully saturated rings. The quantitative estimate of drug-likeness (QED) is 0.559. The molecule has 1 atom stereocenters. The van der Waals surface area contributed by atoms with Crippen LogP contribution in [0.1, 0.15) is 32.1 Å². The van der Waals surface area contributed by atoms with E-state index in [0.717, 1.165) is 6.26 Å². The molecule has 2 rings (SSSR count). The molecule has 7 heteroatoms. The van der Waals surface area contributed by atoms with E-state index in [9.17, 15) is 18.0 Å². The van der Waals surface area contributed by atoms with E-state index in [2.05, 4.69) is 13.2 Å². The minimum atomic E-state index is -3.64. The molecule has 0 aromatic heterocycles. The van der Waals surface area contributed by atoms with Gasteiger partial charge in [0.2, 0.25) is 0 Å². The van der Waals surface area contributed by atoms with Gasteiger partial charge in [0, 0.05) is 31.8 Å². The van der Waals surface area contributed by atoms with Crippen LogP contribution >= 0.6 is 0 Å². The molecule has 1 aliphatic carbocycles. The number of carbonyl (C=O) groups is 2. The monoisotopic (exact) mass is 303 g/mol. The van der Waals surface area contributed by atoms with Crippen molar-refractivity contribution in [2.24, 2.45) is 0 Å². The zero-order valence-corrected chi connectivity index (χ0v) is 12.7. The minimum absolute atomic E-state index is 0.203. The Kier molecular flexibility index (Phi) is 5.10. The van der Waals surface area contributed by atoms with Gasteiger partial charge in [-0.1, -0.05) is 0 Å². The highest BCUT2D eigenvalue weighted by Crippen LogP contribution is 2.41. The van der Waals surface area contributed by atoms with Crippen molar-refractivity contribution in [3.05, 3.63) is 13.2 Å². The zero-order valence-electron chi connectivity index (χ0n) is 11.9. The summed E-state index contributed by atoms with van der Waals surface area (Å²) in [6.07, 6.45) is 2.44. The maximum atomic E-state index is 12.0. The highest BCUT2D eigenvalue weighted by atomic mass is 32.2. The van der Waals surface area contributed by atoms with Crippen LogP contribution in [0, 0.1) is 0 Å². The number of hydrogen-bond acceptors (Lipinski definition) is 5. The van der Waals surface area contributed by atoms with Gasteiger partial charge in [-0.3, -0.25) is 13.8 Å². The molecule has 1 aliphatic heterocycles. The number of hydrogen-bond donors (Lipinski definition) is 0. The van der Waals surface area contributed by atoms with Crippen molar-refractivity contribution < 1.29 is 22.2 Å². The molecular formula is C13H21NO5S. The lowest BCUT2D eigenvalue weighted by atomic mass is 9.79. The molecule has 1 heterocycles. The second kappa shape index (κ2) is 6.05. The van der Waals surface area contributed by atoms with Gasteiger partial charge >= 0.3 is 0 Å². The topological polar surface area (TPSA) is 80.8 Å². The second-order valence-corrected chi connectivity index (χ2v) is 6.75. The first-order chi connectivity index (χ1) is 9.23. The van der Waals surface area contributed by atoms with Crippen LogP contribution in [0.5, 0.6) is 0 Å². The van der Waals surface area contributed by atoms with Crippen molar-refractivity contribution in [1.29, 1.82) is 0 Å². The maximum absolute atomic E-state index is 12.0. The van der Waals surface area contributed by atoms with Gasteiger partial charge < -0.3 is 4.90 Å². The third-order valence-corrected chi connectivity index (χ3v) is 4.49. The van der Waals surface area contributed by atoms with Gasteiger partial charge in [0.1, 0.15) is 5.78 Å². The molecule has 0 radical (unpaired) electrons. The number of likely N-dealkylation sites (N-methyl/N-ethyl adjacent to an activating group) is 1. The number of Topliss-reactive ketones (excluding diaryl/α,β-unsaturated/α-hetero) is 1. The summed E-state index contributed by atoms with van der Waals surface area (Å²) < 4.78 is 27.1. The fourth-order valence-electron chi connectivity index (χ4n) is 2.84. The molecular weight excluding hydrogens is 282 g/mol. The highest BCUT2D eigenvalue weighted by molar-refractivity contribution is 7.86. The fourth-order valence-corrected chi connectivity index (χ4v) is 3.41. The van der Waals surface area contributed by atoms with Crippen molar-refractivity contribution in [1.82, 2.24) is 4.90 Å². The van der Waals surface area contributed by atoms with E-state index in [1.165, 1.54) is 0 Å². The van der Waals surface area contributed by atoms with Gasteiger partial charge in [-0.05, 0) is 12.8 Å². The van der Waals surface area contributed by atoms with Crippen molar-refractivity contribution in [3.8, 4) is 0 Å². The number of ketones is 1. The second-order valence-electron chi connectivity index (χ2n) is 5.15. The standard InChI is InChI=1S/C11H17NO5S.C2H4/c1-12-10(14)9(17-18(2,15)16)7-11(12)5-3-8(13)4-6-11;1-2/h9H,3-7H2,1-2H3;1-2H2. The van der Waals surface area contributed by atoms with Crippen LogP contribution in [-0.4, -0.2) is 50.0 Å². The Balaban J connectivity index is 0.000000956. The summed E-state index contributed by atoms with van der Waals surface area (Å²) in [5.41, 5.74) is -0.402. The summed E-state index contributed by atoms with van der Waals surface area (Å²) in [7, 11) is -1.99. The van der Waals surface area contributed by atoms with Crippen molar-refractivity contribution in [2.75, 3.05) is 13.3 Å². The first-order valence-corrected chi connectivity index (χ1v) is 8.23. The Bertz CT molecular complexity index is 489. The van der Waals surface area contributed by atoms with Gasteiger partial charge in [-0.25, -0.2) is 0 Å². The third-order valence-electron chi connectivity index (χ3n) is 3.91. The summed E-state index contributed by atoms with van der Waals surface area (Å²) in [4.78, 5) is 24.8. The molecule has 1 amide bonds. The summed E-state index contributed by atoms with van der Waals surface area (Å²) in [6.45, 7) is 6.00. The van der Waals surface area contributed by atoms with Crippen LogP contribution in [0.4, 0.5) is 0 Å². The fraction of sp³-hybridized carbons (Fsp3) is 0.692. The Labute approximate surface area is 119 Å². The molecule has 1 spiro atoms. The first-order valence-electron chi connectivity index (χ1n) is 6.41. The molecule has 20 heavy (non-hydrogen) atoms. The minimum Gasteiger partial charge on any atom is -0.338 e. The molecule has 1 unspecified atom stereocenters. The summed E-state index contributed by atoms with van der Waals surface area (Å²) in [5.74, 6) is -0.108. The predicted octanol–water partition coefficient (Wildman–Crippen LogP) is 0.877. The highest BCUT2D eigenvalue weighted by Gasteiger charge is 2.51. The van der Waals surface area contributed by atoms with Crippen LogP contribution in [0.2, 0.25) is 0 Å². The number of likely N-dealkylation sites (tertiary alicyclic amines) is 1. The molecule has 1 saturated heterocycles. The van der Waals surface area contributed by atoms with Gasteiger partial charge in [-0.2, -0.15) is 8.42 Å². The van der Waals surface area contributed by atoms with Gasteiger partial charge in [0.25, 0.3) is 16.0 Å². The molecule has 0 N–H and O–H groups in total. The SMILES string of the molecule is C=C.CN1C(=O)C(OS(C)(=O)=O)CC12CCC(=O)CC2. The molecule has 6 nitrogen and oxygen atoms in total. The predicted molar refractivity (Wildman–Crippen MR) is 74.6 cm³/mol. The van der Waals surface area contributed by atoms with E-state index < -0.39 is 21.8 Å². The largest absolute Gasteiger partial charge is 0.338 e. The lowest BCUT2D eigenvalue weighted by Gasteiger charge is -2.38. The molecule has 114 valence electrons. The van der Waals surface area contributed by atoms with Crippen LogP contribution in [0.25, 0.3) is 0 Å². The average Bonchev–Trinajstić information content (AvgIpc) is 2.60. The van der Waals surface area contributed by atoms with E-state index in [1.807, 2.05) is 0 Å². The zero-order chi connectivity index (χ0) is 15.6. The van der Waals surface area contributed by atoms with E-state index in [0.29, 0.717) is 32.1 Å². The summed E-state index contributed by atoms with van der Waals surface area (Å²) in [5, 5.41) is 0. The molecule has 2 aliphatic rings. The molecule has 0 bridgehead atoms. The van der Waals surface area contributed by atoms with Crippen LogP contribution < -0.4 is 0 Å². The molecule has 1 saturated carbocycles. The Morgan fingerprint density at radius 2 is 1.75 bits per heavy atom. The van der Waals surface area contributed by atoms with Gasteiger partial charge in [0.15, 0.2) is 6.10 Å². The van der Waals surface area contributed by atoms with Gasteiger partial charge in [0.05, 0.1) is 6.26 Å². The maximum Gasteiger partial charge on any atom is 0.265 e. The van der Waals surface area contributed by atoms with E-state index in [1.54, 1.807) is 11.9 Å². The van der Waals surface area contributed by atoms with Crippen LogP contribution in [0.3, 0.4) is 0 Å². The van der Waals surface area contributed by atoms with Gasteiger partial charge in [-0.15, -0.1) is 13.2 Å². The number of amides is 1. The van der Waals surface area contributed by atoms with Crippen LogP contribution in [0.15, 0.2) is 13.2 Å². The smallest absolute Gasteiger partial charge is 0.265 e. The lowest BCUT2D eigenvalue weighted by molar-refractivity contribution is -0.136. The van der Waals surface area contributed by atoms with E-state index in [-0.39, 0.29) is 11.7 Å². The van der Waals surface area contributed by atoms with Crippen molar-refractivity contribution in [2.45, 2.75) is 43.7 Å². The van der Waals surface area contributed by atoms with E-state index in [4.69, 9.17) is 4.18 Å². The van der Waals surface area contributed by atoms with Crippen LogP contribution in [-0.2, 0) is 23.9 Å². The summed E-state index contributed by atoms with van der Waals surface area (Å²) in [6, 6.07) is 0. The van der Waals surface area contributed by atoms with Crippen molar-refractivity contribution >= 4 is 21.8 Å². The average molecular weight is 303 g/mol.